The van der Waals surface area contributed by atoms with Gasteiger partial charge >= 0.3 is 0 Å². The first kappa shape index (κ1) is 14.4. The summed E-state index contributed by atoms with van der Waals surface area (Å²) in [6, 6.07) is 0. The molecule has 0 saturated carbocycles. The number of sulfonamides is 1. The van der Waals surface area contributed by atoms with Crippen molar-refractivity contribution in [3.63, 3.8) is 0 Å². The molecule has 19 heavy (non-hydrogen) atoms. The zero-order valence-electron chi connectivity index (χ0n) is 11.2. The summed E-state index contributed by atoms with van der Waals surface area (Å²) in [4.78, 5) is 0. The van der Waals surface area contributed by atoms with Crippen molar-refractivity contribution in [2.75, 3.05) is 25.4 Å². The fourth-order valence-electron chi connectivity index (χ4n) is 2.12. The zero-order valence-corrected chi connectivity index (χ0v) is 12.1. The highest BCUT2D eigenvalue weighted by Gasteiger charge is 2.27. The summed E-state index contributed by atoms with van der Waals surface area (Å²) in [6.07, 6.45) is 3.23. The number of hydrogen-bond donors (Lipinski definition) is 1. The first-order chi connectivity index (χ1) is 9.13. The van der Waals surface area contributed by atoms with E-state index in [0.29, 0.717) is 26.1 Å². The number of nitrogens with zero attached hydrogens (tertiary/aromatic N) is 4. The minimum atomic E-state index is -3.17. The van der Waals surface area contributed by atoms with Gasteiger partial charge in [-0.1, -0.05) is 6.92 Å². The van der Waals surface area contributed by atoms with Gasteiger partial charge in [-0.05, 0) is 25.9 Å². The number of rotatable bonds is 7. The summed E-state index contributed by atoms with van der Waals surface area (Å²) >= 11 is 0. The molecule has 0 bridgehead atoms. The lowest BCUT2D eigenvalue weighted by Gasteiger charge is -2.26. The molecule has 7 nitrogen and oxygen atoms in total. The Morgan fingerprint density at radius 3 is 3.00 bits per heavy atom. The second kappa shape index (κ2) is 6.44. The van der Waals surface area contributed by atoms with Crippen LogP contribution in [0.25, 0.3) is 0 Å². The van der Waals surface area contributed by atoms with Crippen molar-refractivity contribution >= 4 is 10.0 Å². The second-order valence-corrected chi connectivity index (χ2v) is 6.74. The summed E-state index contributed by atoms with van der Waals surface area (Å²) in [6.45, 7) is 5.34. The number of fused-ring (bicyclic) bond motifs is 1. The molecule has 1 aromatic rings. The highest BCUT2D eigenvalue weighted by atomic mass is 32.2. The van der Waals surface area contributed by atoms with Gasteiger partial charge in [0.2, 0.25) is 10.0 Å². The van der Waals surface area contributed by atoms with Crippen LogP contribution in [0.2, 0.25) is 0 Å². The number of aromatic nitrogens is 3. The molecule has 0 aliphatic carbocycles. The van der Waals surface area contributed by atoms with Gasteiger partial charge in [-0.3, -0.25) is 0 Å². The quantitative estimate of drug-likeness (QED) is 0.703. The van der Waals surface area contributed by atoms with Crippen LogP contribution in [0.1, 0.15) is 25.6 Å². The third-order valence-electron chi connectivity index (χ3n) is 3.25. The van der Waals surface area contributed by atoms with Crippen molar-refractivity contribution in [3.8, 4) is 0 Å². The van der Waals surface area contributed by atoms with Gasteiger partial charge in [-0.2, -0.15) is 4.31 Å². The second-order valence-electron chi connectivity index (χ2n) is 4.65. The molecule has 1 aromatic heterocycles. The Labute approximate surface area is 114 Å². The molecule has 0 unspecified atom stereocenters. The van der Waals surface area contributed by atoms with Crippen LogP contribution < -0.4 is 5.32 Å². The molecule has 2 heterocycles. The molecule has 0 aromatic carbocycles. The van der Waals surface area contributed by atoms with Crippen LogP contribution >= 0.6 is 0 Å². The van der Waals surface area contributed by atoms with Crippen LogP contribution in [0.4, 0.5) is 0 Å². The standard InChI is InChI=1S/C11H21N5O2S/c1-2-12-5-3-4-8-19(17,18)16-7-6-15-10-13-14-11(15)9-16/h10,12H,2-9H2,1H3. The molecule has 1 N–H and O–H groups in total. The predicted molar refractivity (Wildman–Crippen MR) is 72.0 cm³/mol. The van der Waals surface area contributed by atoms with Crippen LogP contribution in [0, 0.1) is 0 Å². The van der Waals surface area contributed by atoms with E-state index in [4.69, 9.17) is 0 Å². The van der Waals surface area contributed by atoms with Gasteiger partial charge in [0.1, 0.15) is 12.2 Å². The molecule has 108 valence electrons. The fraction of sp³-hybridized carbons (Fsp3) is 0.818. The largest absolute Gasteiger partial charge is 0.317 e. The van der Waals surface area contributed by atoms with Crippen LogP contribution in [0.5, 0.6) is 0 Å². The maximum Gasteiger partial charge on any atom is 0.214 e. The molecule has 0 radical (unpaired) electrons. The van der Waals surface area contributed by atoms with E-state index in [2.05, 4.69) is 15.5 Å². The van der Waals surface area contributed by atoms with Gasteiger partial charge in [-0.15, -0.1) is 10.2 Å². The Hall–Kier alpha value is -0.990. The number of hydrogen-bond acceptors (Lipinski definition) is 5. The summed E-state index contributed by atoms with van der Waals surface area (Å²) in [7, 11) is -3.17. The first-order valence-electron chi connectivity index (χ1n) is 6.68. The van der Waals surface area contributed by atoms with E-state index in [1.165, 1.54) is 4.31 Å². The highest BCUT2D eigenvalue weighted by molar-refractivity contribution is 7.89. The molecule has 8 heteroatoms. The van der Waals surface area contributed by atoms with Crippen molar-refractivity contribution in [2.45, 2.75) is 32.9 Å². The fourth-order valence-corrected chi connectivity index (χ4v) is 3.62. The summed E-state index contributed by atoms with van der Waals surface area (Å²) in [5, 5.41) is 10.9. The molecule has 0 amide bonds. The van der Waals surface area contributed by atoms with Gasteiger partial charge in [0.25, 0.3) is 0 Å². The Bertz CT molecular complexity index is 499. The zero-order chi connectivity index (χ0) is 13.7. The normalized spacial score (nSPS) is 16.5. The predicted octanol–water partition coefficient (Wildman–Crippen LogP) is -0.187. The lowest BCUT2D eigenvalue weighted by atomic mass is 10.3. The van der Waals surface area contributed by atoms with Crippen molar-refractivity contribution in [2.24, 2.45) is 0 Å². The Morgan fingerprint density at radius 1 is 1.37 bits per heavy atom. The van der Waals surface area contributed by atoms with Crippen molar-refractivity contribution in [3.05, 3.63) is 12.2 Å². The molecule has 1 aliphatic heterocycles. The smallest absolute Gasteiger partial charge is 0.214 e. The number of nitrogens with one attached hydrogen (secondary N) is 1. The van der Waals surface area contributed by atoms with Crippen molar-refractivity contribution in [1.82, 2.24) is 24.4 Å². The maximum atomic E-state index is 12.2. The minimum absolute atomic E-state index is 0.215. The van der Waals surface area contributed by atoms with Crippen LogP contribution in [0.15, 0.2) is 6.33 Å². The lowest BCUT2D eigenvalue weighted by Crippen LogP contribution is -2.39. The SMILES string of the molecule is CCNCCCCS(=O)(=O)N1CCn2cnnc2C1. The van der Waals surface area contributed by atoms with Crippen LogP contribution in [-0.2, 0) is 23.1 Å². The average molecular weight is 287 g/mol. The van der Waals surface area contributed by atoms with Crippen molar-refractivity contribution in [1.29, 1.82) is 0 Å². The first-order valence-corrected chi connectivity index (χ1v) is 8.29. The van der Waals surface area contributed by atoms with E-state index in [9.17, 15) is 8.42 Å². The van der Waals surface area contributed by atoms with E-state index in [1.807, 2.05) is 11.5 Å². The van der Waals surface area contributed by atoms with Gasteiger partial charge in [0, 0.05) is 13.1 Å². The third kappa shape index (κ3) is 3.74. The van der Waals surface area contributed by atoms with E-state index in [-0.39, 0.29) is 5.75 Å². The van der Waals surface area contributed by atoms with Gasteiger partial charge in [0.05, 0.1) is 12.3 Å². The van der Waals surface area contributed by atoms with Gasteiger partial charge in [-0.25, -0.2) is 8.42 Å². The minimum Gasteiger partial charge on any atom is -0.317 e. The molecular formula is C11H21N5O2S. The Morgan fingerprint density at radius 2 is 2.21 bits per heavy atom. The Balaban J connectivity index is 1.84. The molecule has 0 saturated heterocycles. The van der Waals surface area contributed by atoms with Crippen molar-refractivity contribution < 1.29 is 8.42 Å². The molecule has 2 rings (SSSR count). The van der Waals surface area contributed by atoms with E-state index in [1.54, 1.807) is 6.33 Å². The maximum absolute atomic E-state index is 12.2. The monoisotopic (exact) mass is 287 g/mol. The number of unbranched alkanes of at least 4 members (excludes halogenated alkanes) is 1. The average Bonchev–Trinajstić information content (AvgIpc) is 2.85. The molecule has 0 fully saturated rings. The van der Waals surface area contributed by atoms with E-state index >= 15 is 0 Å². The summed E-state index contributed by atoms with van der Waals surface area (Å²) in [5.41, 5.74) is 0. The topological polar surface area (TPSA) is 80.1 Å². The Kier molecular flexibility index (Phi) is 4.89. The van der Waals surface area contributed by atoms with Gasteiger partial charge < -0.3 is 9.88 Å². The summed E-state index contributed by atoms with van der Waals surface area (Å²) < 4.78 is 27.8. The van der Waals surface area contributed by atoms with Crippen LogP contribution in [-0.4, -0.2) is 52.9 Å². The summed E-state index contributed by atoms with van der Waals surface area (Å²) in [5.74, 6) is 0.939. The molecular weight excluding hydrogens is 266 g/mol. The van der Waals surface area contributed by atoms with E-state index < -0.39 is 10.0 Å². The molecule has 1 aliphatic rings. The molecule has 0 atom stereocenters. The highest BCUT2D eigenvalue weighted by Crippen LogP contribution is 2.14. The van der Waals surface area contributed by atoms with Gasteiger partial charge in [0.15, 0.2) is 0 Å². The van der Waals surface area contributed by atoms with Crippen LogP contribution in [0.3, 0.4) is 0 Å². The lowest BCUT2D eigenvalue weighted by molar-refractivity contribution is 0.335. The third-order valence-corrected chi connectivity index (χ3v) is 5.16. The van der Waals surface area contributed by atoms with E-state index in [0.717, 1.165) is 25.3 Å². The molecule has 0 spiro atoms.